The average Bonchev–Trinajstić information content (AvgIpc) is 3.40. The van der Waals surface area contributed by atoms with Gasteiger partial charge in [0.15, 0.2) is 0 Å². The second-order valence-corrected chi connectivity index (χ2v) is 22.8. The molecule has 0 atom stereocenters. The lowest BCUT2D eigenvalue weighted by molar-refractivity contribution is 0.272. The summed E-state index contributed by atoms with van der Waals surface area (Å²) in [6.07, 6.45) is 65.0. The van der Waals surface area contributed by atoms with E-state index >= 15 is 0 Å². The summed E-state index contributed by atoms with van der Waals surface area (Å²) in [4.78, 5) is 43.1. The van der Waals surface area contributed by atoms with E-state index in [-0.39, 0.29) is 0 Å². The van der Waals surface area contributed by atoms with Crippen LogP contribution in [0.15, 0.2) is 72.8 Å². The van der Waals surface area contributed by atoms with Crippen molar-refractivity contribution in [3.05, 3.63) is 72.8 Å². The molecule has 0 radical (unpaired) electrons. The molecule has 10 heteroatoms. The molecule has 77 heavy (non-hydrogen) atoms. The van der Waals surface area contributed by atoms with Gasteiger partial charge in [0.05, 0.1) is 0 Å². The summed E-state index contributed by atoms with van der Waals surface area (Å²) in [5.41, 5.74) is 0. The third kappa shape index (κ3) is 154. The molecule has 0 heterocycles. The van der Waals surface area contributed by atoms with Gasteiger partial charge in [0, 0.05) is 0 Å². The first kappa shape index (κ1) is 89.5. The number of hydrogen-bond donors (Lipinski definition) is 6. The first-order chi connectivity index (χ1) is 37.1. The van der Waals surface area contributed by atoms with Crippen LogP contribution in [0.25, 0.3) is 0 Å². The molecule has 0 bridgehead atoms. The molecule has 0 unspecified atom stereocenters. The zero-order valence-electron chi connectivity index (χ0n) is 53.1. The Hall–Kier alpha value is -1.34. The van der Waals surface area contributed by atoms with Crippen LogP contribution in [0, 0.1) is 0 Å². The summed E-state index contributed by atoms with van der Waals surface area (Å²) >= 11 is 0. The summed E-state index contributed by atoms with van der Waals surface area (Å²) in [6.45, 7) is 22.5. The average molecular weight is 1130 g/mol. The fourth-order valence-corrected chi connectivity index (χ4v) is 7.72. The van der Waals surface area contributed by atoms with E-state index in [0.29, 0.717) is 0 Å². The van der Waals surface area contributed by atoms with Gasteiger partial charge in [-0.1, -0.05) is 431 Å². The van der Waals surface area contributed by atoms with Crippen molar-refractivity contribution >= 4 is 15.6 Å². The molecule has 0 spiro atoms. The molecule has 0 aliphatic rings. The Balaban J connectivity index is -0.000000148. The highest BCUT2D eigenvalue weighted by Crippen LogP contribution is 2.26. The molecule has 0 saturated heterocycles. The number of rotatable bonds is 40. The van der Waals surface area contributed by atoms with Crippen molar-refractivity contribution in [3.8, 4) is 0 Å². The molecule has 0 fully saturated rings. The lowest BCUT2D eigenvalue weighted by Crippen LogP contribution is -1.80. The SMILES string of the molecule is CCC.CCCCCCCCCCCCC.CCCCCCCCCCCCC.CCCCCCCCCCCCC.CCCCCCCCCCCCC.O=P(O)(O)O.O=P(O)(O)O.c1ccccc1.c1ccccc1. The fraction of sp³-hybridized carbons (Fsp3) is 0.821. The van der Waals surface area contributed by atoms with Gasteiger partial charge in [0.25, 0.3) is 0 Å². The van der Waals surface area contributed by atoms with Gasteiger partial charge in [-0.15, -0.1) is 0 Å². The second kappa shape index (κ2) is 88.5. The van der Waals surface area contributed by atoms with Gasteiger partial charge < -0.3 is 29.4 Å². The highest BCUT2D eigenvalue weighted by molar-refractivity contribution is 7.45. The van der Waals surface area contributed by atoms with Crippen LogP contribution in [0.2, 0.25) is 0 Å². The van der Waals surface area contributed by atoms with E-state index in [0.717, 1.165) is 0 Å². The second-order valence-electron chi connectivity index (χ2n) is 20.8. The van der Waals surface area contributed by atoms with Crippen LogP contribution in [-0.2, 0) is 9.13 Å². The predicted molar refractivity (Wildman–Crippen MR) is 346 cm³/mol. The molecule has 2 rings (SSSR count). The molecule has 6 N–H and O–H groups in total. The topological polar surface area (TPSA) is 156 Å². The molecule has 0 amide bonds. The molecule has 0 saturated carbocycles. The summed E-state index contributed by atoms with van der Waals surface area (Å²) in [5, 5.41) is 0. The van der Waals surface area contributed by atoms with Crippen molar-refractivity contribution < 1.29 is 38.5 Å². The highest BCUT2D eigenvalue weighted by Gasteiger charge is 2.01. The maximum absolute atomic E-state index is 8.88. The van der Waals surface area contributed by atoms with Crippen molar-refractivity contribution in [2.45, 2.75) is 358 Å². The van der Waals surface area contributed by atoms with Crippen LogP contribution < -0.4 is 0 Å². The number of unbranched alkanes of at least 4 members (excludes halogenated alkanes) is 40. The molecule has 464 valence electrons. The molecule has 0 aliphatic heterocycles. The van der Waals surface area contributed by atoms with Crippen LogP contribution >= 0.6 is 15.6 Å². The van der Waals surface area contributed by atoms with Gasteiger partial charge in [-0.2, -0.15) is 0 Å². The zero-order valence-corrected chi connectivity index (χ0v) is 54.9. The maximum atomic E-state index is 8.88. The van der Waals surface area contributed by atoms with Crippen molar-refractivity contribution in [2.75, 3.05) is 0 Å². The lowest BCUT2D eigenvalue weighted by Gasteiger charge is -2.00. The van der Waals surface area contributed by atoms with Crippen molar-refractivity contribution in [3.63, 3.8) is 0 Å². The monoisotopic (exact) mass is 1130 g/mol. The smallest absolute Gasteiger partial charge is 0.303 e. The maximum Gasteiger partial charge on any atom is 0.466 e. The van der Waals surface area contributed by atoms with Gasteiger partial charge in [0.2, 0.25) is 0 Å². The minimum atomic E-state index is -4.64. The molecule has 0 aliphatic carbocycles. The Morgan fingerprint density at radius 3 is 0.286 bits per heavy atom. The molecule has 8 nitrogen and oxygen atoms in total. The summed E-state index contributed by atoms with van der Waals surface area (Å²) in [5.74, 6) is 0. The predicted octanol–water partition coefficient (Wildman–Crippen LogP) is 24.2. The van der Waals surface area contributed by atoms with Gasteiger partial charge in [-0.3, -0.25) is 0 Å². The minimum Gasteiger partial charge on any atom is -0.303 e. The van der Waals surface area contributed by atoms with Gasteiger partial charge >= 0.3 is 15.6 Å². The Kier molecular flexibility index (Phi) is 103. The van der Waals surface area contributed by atoms with Crippen molar-refractivity contribution in [1.82, 2.24) is 0 Å². The van der Waals surface area contributed by atoms with Crippen LogP contribution in [0.3, 0.4) is 0 Å². The summed E-state index contributed by atoms with van der Waals surface area (Å²) < 4.78 is 17.8. The van der Waals surface area contributed by atoms with E-state index in [1.807, 2.05) is 72.8 Å². The van der Waals surface area contributed by atoms with E-state index in [1.165, 1.54) is 289 Å². The summed E-state index contributed by atoms with van der Waals surface area (Å²) in [6, 6.07) is 24.0. The lowest BCUT2D eigenvalue weighted by atomic mass is 10.1. The molecular weight excluding hydrogens is 995 g/mol. The van der Waals surface area contributed by atoms with Gasteiger partial charge in [0.1, 0.15) is 0 Å². The number of hydrogen-bond acceptors (Lipinski definition) is 2. The third-order valence-electron chi connectivity index (χ3n) is 12.2. The van der Waals surface area contributed by atoms with Crippen LogP contribution in [0.5, 0.6) is 0 Å². The quantitative estimate of drug-likeness (QED) is 0.0285. The molecule has 2 aromatic rings. The fourth-order valence-electron chi connectivity index (χ4n) is 7.72. The van der Waals surface area contributed by atoms with Crippen LogP contribution in [-0.4, -0.2) is 29.4 Å². The largest absolute Gasteiger partial charge is 0.466 e. The Morgan fingerprint density at radius 2 is 0.234 bits per heavy atom. The first-order valence-corrected chi connectivity index (χ1v) is 35.8. The Labute approximate surface area is 482 Å². The van der Waals surface area contributed by atoms with Crippen molar-refractivity contribution in [2.24, 2.45) is 0 Å². The third-order valence-corrected chi connectivity index (χ3v) is 12.2. The molecule has 2 aromatic carbocycles. The Morgan fingerprint density at radius 1 is 0.182 bits per heavy atom. The van der Waals surface area contributed by atoms with Crippen molar-refractivity contribution in [1.29, 1.82) is 0 Å². The van der Waals surface area contributed by atoms with Gasteiger partial charge in [-0.05, 0) is 0 Å². The number of phosphoric acid groups is 2. The molecular formula is C67H138O8P2. The highest BCUT2D eigenvalue weighted by atomic mass is 31.2. The Bertz CT molecular complexity index is 996. The van der Waals surface area contributed by atoms with E-state index in [2.05, 4.69) is 69.2 Å². The number of benzene rings is 2. The molecule has 0 aromatic heterocycles. The summed E-state index contributed by atoms with van der Waals surface area (Å²) in [7, 11) is -9.28. The zero-order chi connectivity index (χ0) is 59.3. The normalized spacial score (nSPS) is 10.2. The first-order valence-electron chi connectivity index (χ1n) is 32.6. The van der Waals surface area contributed by atoms with E-state index in [9.17, 15) is 0 Å². The van der Waals surface area contributed by atoms with Crippen LogP contribution in [0.1, 0.15) is 358 Å². The van der Waals surface area contributed by atoms with Crippen LogP contribution in [0.4, 0.5) is 0 Å². The van der Waals surface area contributed by atoms with Gasteiger partial charge in [-0.25, -0.2) is 9.13 Å². The van der Waals surface area contributed by atoms with E-state index < -0.39 is 15.6 Å². The van der Waals surface area contributed by atoms with E-state index in [1.54, 1.807) is 0 Å². The minimum absolute atomic E-state index is 1.25. The van der Waals surface area contributed by atoms with E-state index in [4.69, 9.17) is 38.5 Å². The standard InChI is InChI=1S/4C13H28.2C6H6.C3H8.2H3O4P/c4*1-3-5-7-9-11-13-12-10-8-6-4-2;2*1-2-4-6-5-3-1;1-3-2;2*1-5(2,3)4/h4*3-13H2,1-2H3;2*1-6H;3H2,1-2H3;2*(H3,1,2,3,4).